The summed E-state index contributed by atoms with van der Waals surface area (Å²) in [6, 6.07) is 36.4. The van der Waals surface area contributed by atoms with Crippen LogP contribution in [0.25, 0.3) is 16.5 Å². The Labute approximate surface area is 356 Å². The highest BCUT2D eigenvalue weighted by Gasteiger charge is 2.66. The third-order valence-corrected chi connectivity index (χ3v) is 17.9. The first-order valence-corrected chi connectivity index (χ1v) is 23.9. The van der Waals surface area contributed by atoms with Crippen LogP contribution in [-0.2, 0) is 39.4 Å². The first-order chi connectivity index (χ1) is 29.5. The molecule has 0 saturated carbocycles. The zero-order chi connectivity index (χ0) is 42.6. The van der Waals surface area contributed by atoms with E-state index < -0.39 is 19.8 Å². The van der Waals surface area contributed by atoms with Gasteiger partial charge >= 0.3 is 0 Å². The van der Waals surface area contributed by atoms with Crippen LogP contribution < -0.4 is 25.1 Å². The Morgan fingerprint density at radius 3 is 2.36 bits per heavy atom. The number of aromatic nitrogens is 2. The van der Waals surface area contributed by atoms with Gasteiger partial charge in [0.1, 0.15) is 11.5 Å². The van der Waals surface area contributed by atoms with Crippen LogP contribution in [0.5, 0.6) is 11.5 Å². The van der Waals surface area contributed by atoms with Gasteiger partial charge in [-0.1, -0.05) is 91.9 Å². The summed E-state index contributed by atoms with van der Waals surface area (Å²) in [5, 5.41) is 17.5. The molecule has 3 aliphatic heterocycles. The van der Waals surface area contributed by atoms with Crippen molar-refractivity contribution in [1.82, 2.24) is 14.7 Å². The average molecular weight is 835 g/mol. The lowest BCUT2D eigenvalue weighted by Crippen LogP contribution is -2.52. The number of hydrogen-bond acceptors (Lipinski definition) is 8. The van der Waals surface area contributed by atoms with E-state index >= 15 is 4.79 Å². The molecule has 4 heterocycles. The van der Waals surface area contributed by atoms with Crippen molar-refractivity contribution in [1.29, 1.82) is 0 Å². The number of aliphatic hydroxyl groups excluding tert-OH is 1. The van der Waals surface area contributed by atoms with E-state index in [0.29, 0.717) is 41.0 Å². The summed E-state index contributed by atoms with van der Waals surface area (Å²) in [6.45, 7) is 7.12. The Bertz CT molecular complexity index is 2720. The van der Waals surface area contributed by atoms with E-state index in [2.05, 4.69) is 43.3 Å². The number of carbonyl (C=O) groups is 2. The second kappa shape index (κ2) is 15.7. The molecule has 1 aromatic heterocycles. The van der Waals surface area contributed by atoms with Crippen LogP contribution in [0.15, 0.2) is 126 Å². The molecule has 5 aromatic carbocycles. The van der Waals surface area contributed by atoms with Crippen LogP contribution in [0.2, 0.25) is 18.6 Å². The minimum Gasteiger partial charge on any atom is -0.497 e. The fourth-order valence-electron chi connectivity index (χ4n) is 10.4. The van der Waals surface area contributed by atoms with E-state index in [0.717, 1.165) is 33.0 Å². The van der Waals surface area contributed by atoms with E-state index in [1.54, 1.807) is 36.3 Å². The van der Waals surface area contributed by atoms with Crippen LogP contribution in [-0.4, -0.2) is 72.6 Å². The number of fused-ring (bicyclic) bond motifs is 4. The summed E-state index contributed by atoms with van der Waals surface area (Å²) >= 11 is 0. The van der Waals surface area contributed by atoms with E-state index in [1.165, 1.54) is 4.68 Å². The molecule has 0 radical (unpaired) electrons. The predicted octanol–water partition coefficient (Wildman–Crippen LogP) is 6.50. The highest BCUT2D eigenvalue weighted by Crippen LogP contribution is 2.60. The minimum atomic E-state index is -2.58. The van der Waals surface area contributed by atoms with Crippen molar-refractivity contribution in [3.8, 4) is 17.2 Å². The standard InChI is InChI=1S/C49H50N4O7Si/c1-31-46(61(4,5)40-20-17-38(58-2)18-21-40)44(26-45(55)51-29-35-14-7-6-12-33(35)24-37(51)30-54)60-49(31)42-25-39(59-3)19-22-43(42)52(48(49)57)28-32-11-10-15-36(23-32)53-47(56)41-16-9-8-13-34(41)27-50-53/h6-23,25,27,31,37,44,46,54H,24,26,28-30H2,1-5H3/t31-,37-,44+,46-,49+/m0/s1. The highest BCUT2D eigenvalue weighted by atomic mass is 28.3. The van der Waals surface area contributed by atoms with Gasteiger partial charge in [0.05, 0.1) is 77.0 Å². The van der Waals surface area contributed by atoms with Gasteiger partial charge in [0.15, 0.2) is 5.60 Å². The zero-order valence-electron chi connectivity index (χ0n) is 35.1. The lowest BCUT2D eigenvalue weighted by molar-refractivity contribution is -0.151. The van der Waals surface area contributed by atoms with Crippen molar-refractivity contribution < 1.29 is 28.9 Å². The summed E-state index contributed by atoms with van der Waals surface area (Å²) in [4.78, 5) is 47.4. The molecule has 12 heteroatoms. The molecular weight excluding hydrogens is 785 g/mol. The Balaban J connectivity index is 1.11. The van der Waals surface area contributed by atoms with Gasteiger partial charge in [-0.15, -0.1) is 0 Å². The van der Waals surface area contributed by atoms with Crippen molar-refractivity contribution in [2.45, 2.75) is 69.2 Å². The number of aliphatic hydroxyl groups is 1. The van der Waals surface area contributed by atoms with Crippen LogP contribution in [0.1, 0.15) is 35.6 Å². The quantitative estimate of drug-likeness (QED) is 0.155. The predicted molar refractivity (Wildman–Crippen MR) is 237 cm³/mol. The lowest BCUT2D eigenvalue weighted by Gasteiger charge is -2.39. The number of carbonyl (C=O) groups excluding carboxylic acids is 2. The number of methoxy groups -OCH3 is 2. The number of amides is 2. The van der Waals surface area contributed by atoms with E-state index in [-0.39, 0.29) is 54.4 Å². The fraction of sp³-hybridized carbons (Fsp3) is 0.306. The van der Waals surface area contributed by atoms with Gasteiger partial charge in [-0.2, -0.15) is 9.78 Å². The molecule has 1 fully saturated rings. The highest BCUT2D eigenvalue weighted by molar-refractivity contribution is 6.91. The molecule has 6 aromatic rings. The Morgan fingerprint density at radius 1 is 0.885 bits per heavy atom. The summed E-state index contributed by atoms with van der Waals surface area (Å²) in [6.07, 6.45) is 1.67. The molecule has 1 spiro atoms. The molecule has 5 atom stereocenters. The van der Waals surface area contributed by atoms with Crippen molar-refractivity contribution in [3.63, 3.8) is 0 Å². The second-order valence-electron chi connectivity index (χ2n) is 17.1. The van der Waals surface area contributed by atoms with Crippen molar-refractivity contribution in [2.24, 2.45) is 5.92 Å². The van der Waals surface area contributed by atoms with Crippen LogP contribution in [0.3, 0.4) is 0 Å². The minimum absolute atomic E-state index is 0.0458. The number of ether oxygens (including phenoxy) is 3. The van der Waals surface area contributed by atoms with Gasteiger partial charge in [-0.05, 0) is 77.2 Å². The molecular formula is C49H50N4O7Si. The summed E-state index contributed by atoms with van der Waals surface area (Å²) in [5.41, 5.74) is 3.13. The second-order valence-corrected chi connectivity index (χ2v) is 21.8. The molecule has 0 aliphatic carbocycles. The van der Waals surface area contributed by atoms with E-state index in [4.69, 9.17) is 14.2 Å². The van der Waals surface area contributed by atoms with E-state index in [1.807, 2.05) is 91.0 Å². The molecule has 1 N–H and O–H groups in total. The Hall–Kier alpha value is -6.08. The fourth-order valence-corrected chi connectivity index (χ4v) is 14.4. The molecule has 0 bridgehead atoms. The third kappa shape index (κ3) is 6.73. The topological polar surface area (TPSA) is 123 Å². The maximum absolute atomic E-state index is 15.6. The van der Waals surface area contributed by atoms with Gasteiger partial charge in [0.2, 0.25) is 5.91 Å². The van der Waals surface area contributed by atoms with Gasteiger partial charge in [-0.3, -0.25) is 14.4 Å². The molecule has 11 nitrogen and oxygen atoms in total. The van der Waals surface area contributed by atoms with Gasteiger partial charge in [-0.25, -0.2) is 0 Å². The smallest absolute Gasteiger partial charge is 0.279 e. The zero-order valence-corrected chi connectivity index (χ0v) is 36.1. The average Bonchev–Trinajstić information content (AvgIpc) is 3.71. The molecule has 9 rings (SSSR count). The van der Waals surface area contributed by atoms with Gasteiger partial charge in [0.25, 0.3) is 11.5 Å². The first kappa shape index (κ1) is 40.3. The van der Waals surface area contributed by atoms with Gasteiger partial charge < -0.3 is 29.1 Å². The number of benzene rings is 5. The van der Waals surface area contributed by atoms with Crippen molar-refractivity contribution >= 4 is 41.5 Å². The summed E-state index contributed by atoms with van der Waals surface area (Å²) in [5.74, 6) is 0.651. The monoisotopic (exact) mass is 834 g/mol. The lowest BCUT2D eigenvalue weighted by atomic mass is 9.82. The van der Waals surface area contributed by atoms with Crippen LogP contribution in [0, 0.1) is 5.92 Å². The summed E-state index contributed by atoms with van der Waals surface area (Å²) in [7, 11) is 0.671. The normalized spacial score (nSPS) is 22.1. The molecule has 1 saturated heterocycles. The largest absolute Gasteiger partial charge is 0.497 e. The Kier molecular flexibility index (Phi) is 10.4. The SMILES string of the molecule is COc1ccc([Si](C)(C)[C@@H]2[C@@H](CC(=O)N3Cc4ccccc4C[C@H]3CO)O[C@]3(C(=O)N(Cc4cccc(-n5ncc6ccccc6c5=O)c4)c4ccc(OC)cc43)[C@H]2C)cc1. The number of anilines is 1. The maximum atomic E-state index is 15.6. The first-order valence-electron chi connectivity index (χ1n) is 20.8. The van der Waals surface area contributed by atoms with E-state index in [9.17, 15) is 14.7 Å². The summed E-state index contributed by atoms with van der Waals surface area (Å²) < 4.78 is 20.0. The molecule has 61 heavy (non-hydrogen) atoms. The van der Waals surface area contributed by atoms with Crippen molar-refractivity contribution in [2.75, 3.05) is 25.7 Å². The van der Waals surface area contributed by atoms with Gasteiger partial charge in [0, 0.05) is 23.4 Å². The molecule has 312 valence electrons. The third-order valence-electron chi connectivity index (χ3n) is 13.5. The molecule has 2 amide bonds. The molecule has 0 unspecified atom stereocenters. The van der Waals surface area contributed by atoms with Crippen LogP contribution >= 0.6 is 0 Å². The Morgan fingerprint density at radius 2 is 1.61 bits per heavy atom. The number of nitrogens with zero attached hydrogens (tertiary/aromatic N) is 4. The van der Waals surface area contributed by atoms with Crippen LogP contribution in [0.4, 0.5) is 5.69 Å². The number of hydrogen-bond donors (Lipinski definition) is 1. The number of rotatable bonds is 10. The molecule has 3 aliphatic rings. The van der Waals surface area contributed by atoms with Crippen molar-refractivity contribution in [3.05, 3.63) is 154 Å². The maximum Gasteiger partial charge on any atom is 0.279 e.